The molecule has 1 N–H and O–H groups in total. The van der Waals surface area contributed by atoms with Gasteiger partial charge in [-0.25, -0.2) is 0 Å². The number of hydrogen-bond acceptors (Lipinski definition) is 3. The Morgan fingerprint density at radius 3 is 3.07 bits per heavy atom. The third-order valence-electron chi connectivity index (χ3n) is 2.99. The summed E-state index contributed by atoms with van der Waals surface area (Å²) in [5.74, 6) is 0.284. The van der Waals surface area contributed by atoms with Gasteiger partial charge >= 0.3 is 0 Å². The van der Waals surface area contributed by atoms with Gasteiger partial charge < -0.3 is 10.0 Å². The Balaban J connectivity index is 2.08. The van der Waals surface area contributed by atoms with Crippen molar-refractivity contribution in [2.24, 2.45) is 5.92 Å². The quantitative estimate of drug-likeness (QED) is 0.849. The van der Waals surface area contributed by atoms with Crippen molar-refractivity contribution in [2.75, 3.05) is 13.2 Å². The Hall–Kier alpha value is -0.870. The lowest BCUT2D eigenvalue weighted by molar-refractivity contribution is -0.129. The maximum Gasteiger partial charge on any atom is 0.223 e. The minimum Gasteiger partial charge on any atom is -0.396 e. The zero-order chi connectivity index (χ0) is 10.8. The van der Waals surface area contributed by atoms with Gasteiger partial charge in [0, 0.05) is 25.5 Å². The summed E-state index contributed by atoms with van der Waals surface area (Å²) < 4.78 is 0. The molecule has 0 spiro atoms. The van der Waals surface area contributed by atoms with Crippen molar-refractivity contribution in [2.45, 2.75) is 19.4 Å². The molecule has 2 atom stereocenters. The molecule has 1 saturated heterocycles. The average molecular weight is 225 g/mol. The molecular formula is C11H15NO2S. The molecule has 1 aromatic rings. The fourth-order valence-corrected chi connectivity index (χ4v) is 2.74. The predicted octanol–water partition coefficient (Wildman–Crippen LogP) is 1.65. The Bertz CT molecular complexity index is 336. The fraction of sp³-hybridized carbons (Fsp3) is 0.545. The van der Waals surface area contributed by atoms with Crippen LogP contribution in [0.2, 0.25) is 0 Å². The number of likely N-dealkylation sites (tertiary alicyclic amines) is 1. The number of carbonyl (C=O) groups is 1. The molecular weight excluding hydrogens is 210 g/mol. The van der Waals surface area contributed by atoms with Gasteiger partial charge in [0.05, 0.1) is 6.04 Å². The second-order valence-corrected chi connectivity index (χ2v) is 4.81. The van der Waals surface area contributed by atoms with Crippen LogP contribution in [0, 0.1) is 5.92 Å². The zero-order valence-electron chi connectivity index (χ0n) is 8.72. The number of rotatable bonds is 3. The summed E-state index contributed by atoms with van der Waals surface area (Å²) in [6, 6.07) is 2.19. The lowest BCUT2D eigenvalue weighted by Crippen LogP contribution is -2.28. The minimum absolute atomic E-state index is 0.110. The van der Waals surface area contributed by atoms with E-state index in [1.165, 1.54) is 5.56 Å². The van der Waals surface area contributed by atoms with Crippen molar-refractivity contribution >= 4 is 17.2 Å². The van der Waals surface area contributed by atoms with Gasteiger partial charge in [-0.1, -0.05) is 0 Å². The lowest BCUT2D eigenvalue weighted by Gasteiger charge is -2.24. The highest BCUT2D eigenvalue weighted by molar-refractivity contribution is 7.07. The van der Waals surface area contributed by atoms with Gasteiger partial charge in [-0.2, -0.15) is 11.3 Å². The monoisotopic (exact) mass is 225 g/mol. The zero-order valence-corrected chi connectivity index (χ0v) is 9.54. The molecule has 0 bridgehead atoms. The standard InChI is InChI=1S/C11H15NO2S/c1-8(10-2-3-15-7-10)12-5-9(6-13)4-11(12)14/h2-3,7-9,13H,4-6H2,1H3. The molecule has 15 heavy (non-hydrogen) atoms. The second-order valence-electron chi connectivity index (χ2n) is 4.03. The molecule has 0 aliphatic carbocycles. The van der Waals surface area contributed by atoms with Crippen molar-refractivity contribution in [1.29, 1.82) is 0 Å². The normalized spacial score (nSPS) is 23.5. The van der Waals surface area contributed by atoms with Crippen LogP contribution in [0.3, 0.4) is 0 Å². The highest BCUT2D eigenvalue weighted by Crippen LogP contribution is 2.29. The van der Waals surface area contributed by atoms with E-state index in [-0.39, 0.29) is 24.5 Å². The Labute approximate surface area is 93.3 Å². The van der Waals surface area contributed by atoms with Crippen LogP contribution in [0.4, 0.5) is 0 Å². The highest BCUT2D eigenvalue weighted by atomic mass is 32.1. The summed E-state index contributed by atoms with van der Waals surface area (Å²) >= 11 is 1.65. The van der Waals surface area contributed by atoms with Gasteiger partial charge in [0.2, 0.25) is 5.91 Å². The van der Waals surface area contributed by atoms with Gasteiger partial charge in [0.25, 0.3) is 0 Å². The Morgan fingerprint density at radius 1 is 1.73 bits per heavy atom. The van der Waals surface area contributed by atoms with Gasteiger partial charge in [0.15, 0.2) is 0 Å². The number of amides is 1. The molecule has 0 saturated carbocycles. The van der Waals surface area contributed by atoms with E-state index in [1.807, 2.05) is 17.2 Å². The molecule has 2 heterocycles. The van der Waals surface area contributed by atoms with Crippen molar-refractivity contribution in [3.63, 3.8) is 0 Å². The molecule has 3 nitrogen and oxygen atoms in total. The largest absolute Gasteiger partial charge is 0.396 e. The van der Waals surface area contributed by atoms with Gasteiger partial charge in [-0.05, 0) is 29.3 Å². The molecule has 4 heteroatoms. The second kappa shape index (κ2) is 4.33. The first-order valence-electron chi connectivity index (χ1n) is 5.14. The molecule has 0 radical (unpaired) electrons. The molecule has 2 unspecified atom stereocenters. The number of aliphatic hydroxyl groups is 1. The summed E-state index contributed by atoms with van der Waals surface area (Å²) in [6.45, 7) is 2.84. The molecule has 1 amide bonds. The topological polar surface area (TPSA) is 40.5 Å². The van der Waals surface area contributed by atoms with Crippen LogP contribution in [-0.4, -0.2) is 29.1 Å². The molecule has 1 aliphatic heterocycles. The summed E-state index contributed by atoms with van der Waals surface area (Å²) in [5.41, 5.74) is 1.19. The first-order valence-corrected chi connectivity index (χ1v) is 6.09. The van der Waals surface area contributed by atoms with Gasteiger partial charge in [-0.15, -0.1) is 0 Å². The van der Waals surface area contributed by atoms with E-state index in [0.29, 0.717) is 13.0 Å². The van der Waals surface area contributed by atoms with Crippen molar-refractivity contribution < 1.29 is 9.90 Å². The third-order valence-corrected chi connectivity index (χ3v) is 3.69. The van der Waals surface area contributed by atoms with E-state index >= 15 is 0 Å². The third kappa shape index (κ3) is 2.06. The molecule has 1 fully saturated rings. The van der Waals surface area contributed by atoms with Crippen LogP contribution in [0.1, 0.15) is 24.9 Å². The number of hydrogen-bond donors (Lipinski definition) is 1. The van der Waals surface area contributed by atoms with E-state index in [1.54, 1.807) is 11.3 Å². The first-order chi connectivity index (χ1) is 7.22. The maximum atomic E-state index is 11.7. The van der Waals surface area contributed by atoms with Crippen molar-refractivity contribution in [1.82, 2.24) is 4.90 Å². The summed E-state index contributed by atoms with van der Waals surface area (Å²) in [7, 11) is 0. The van der Waals surface area contributed by atoms with Crippen LogP contribution >= 0.6 is 11.3 Å². The van der Waals surface area contributed by atoms with Crippen LogP contribution < -0.4 is 0 Å². The van der Waals surface area contributed by atoms with Crippen LogP contribution in [0.15, 0.2) is 16.8 Å². The predicted molar refractivity (Wildman–Crippen MR) is 59.6 cm³/mol. The molecule has 1 aromatic heterocycles. The fourth-order valence-electron chi connectivity index (χ4n) is 2.00. The number of thiophene rings is 1. The van der Waals surface area contributed by atoms with Crippen LogP contribution in [0.5, 0.6) is 0 Å². The SMILES string of the molecule is CC(c1ccsc1)N1CC(CO)CC1=O. The Morgan fingerprint density at radius 2 is 2.53 bits per heavy atom. The molecule has 0 aromatic carbocycles. The number of carbonyl (C=O) groups excluding carboxylic acids is 1. The number of aliphatic hydroxyl groups excluding tert-OH is 1. The molecule has 1 aliphatic rings. The molecule has 2 rings (SSSR count). The van der Waals surface area contributed by atoms with E-state index in [4.69, 9.17) is 5.11 Å². The van der Waals surface area contributed by atoms with E-state index in [9.17, 15) is 4.79 Å². The summed E-state index contributed by atoms with van der Waals surface area (Å²) in [5, 5.41) is 13.1. The van der Waals surface area contributed by atoms with E-state index in [2.05, 4.69) is 11.4 Å². The number of nitrogens with zero attached hydrogens (tertiary/aromatic N) is 1. The minimum atomic E-state index is 0.110. The maximum absolute atomic E-state index is 11.7. The van der Waals surface area contributed by atoms with Gasteiger partial charge in [0.1, 0.15) is 0 Å². The summed E-state index contributed by atoms with van der Waals surface area (Å²) in [4.78, 5) is 13.6. The Kier molecular flexibility index (Phi) is 3.07. The van der Waals surface area contributed by atoms with E-state index in [0.717, 1.165) is 0 Å². The van der Waals surface area contributed by atoms with Crippen LogP contribution in [-0.2, 0) is 4.79 Å². The van der Waals surface area contributed by atoms with Crippen LogP contribution in [0.25, 0.3) is 0 Å². The highest BCUT2D eigenvalue weighted by Gasteiger charge is 2.32. The average Bonchev–Trinajstić information content (AvgIpc) is 2.85. The van der Waals surface area contributed by atoms with Crippen molar-refractivity contribution in [3.05, 3.63) is 22.4 Å². The van der Waals surface area contributed by atoms with E-state index < -0.39 is 0 Å². The van der Waals surface area contributed by atoms with Gasteiger partial charge in [-0.3, -0.25) is 4.79 Å². The summed E-state index contributed by atoms with van der Waals surface area (Å²) in [6.07, 6.45) is 0.491. The first kappa shape index (κ1) is 10.6. The lowest BCUT2D eigenvalue weighted by atomic mass is 10.1. The molecule has 82 valence electrons. The van der Waals surface area contributed by atoms with Crippen molar-refractivity contribution in [3.8, 4) is 0 Å². The smallest absolute Gasteiger partial charge is 0.223 e.